The van der Waals surface area contributed by atoms with Gasteiger partial charge in [-0.05, 0) is 11.8 Å². The van der Waals surface area contributed by atoms with Gasteiger partial charge in [-0.1, -0.05) is 26.7 Å². The van der Waals surface area contributed by atoms with Gasteiger partial charge in [0.2, 0.25) is 0 Å². The highest BCUT2D eigenvalue weighted by atomic mass is 16.1. The van der Waals surface area contributed by atoms with Gasteiger partial charge in [0, 0.05) is 12.8 Å². The second kappa shape index (κ2) is 2.73. The molecule has 0 spiro atoms. The molecule has 1 aliphatic rings. The van der Waals surface area contributed by atoms with Crippen LogP contribution in [0.2, 0.25) is 0 Å². The molecule has 0 aromatic rings. The van der Waals surface area contributed by atoms with E-state index in [4.69, 9.17) is 0 Å². The molecule has 0 heterocycles. The molecule has 0 radical (unpaired) electrons. The minimum atomic E-state index is 0.400. The van der Waals surface area contributed by atoms with Crippen molar-refractivity contribution < 1.29 is 4.79 Å². The first-order chi connectivity index (χ1) is 4.72. The predicted molar refractivity (Wildman–Crippen MR) is 41.9 cm³/mol. The molecule has 1 heteroatoms. The molecule has 0 aromatic carbocycles. The molecule has 0 saturated heterocycles. The quantitative estimate of drug-likeness (QED) is 0.576. The summed E-state index contributed by atoms with van der Waals surface area (Å²) in [6.07, 6.45) is 5.17. The zero-order valence-electron chi connectivity index (χ0n) is 6.94. The monoisotopic (exact) mass is 140 g/mol. The number of hydrogen-bond donors (Lipinski definition) is 0. The highest BCUT2D eigenvalue weighted by molar-refractivity contribution is 5.81. The Morgan fingerprint density at radius 2 is 2.00 bits per heavy atom. The van der Waals surface area contributed by atoms with Crippen LogP contribution >= 0.6 is 0 Å². The van der Waals surface area contributed by atoms with E-state index < -0.39 is 0 Å². The van der Waals surface area contributed by atoms with Gasteiger partial charge in [0.1, 0.15) is 5.78 Å². The largest absolute Gasteiger partial charge is 0.300 e. The van der Waals surface area contributed by atoms with E-state index in [9.17, 15) is 4.79 Å². The van der Waals surface area contributed by atoms with Gasteiger partial charge in [0.25, 0.3) is 0 Å². The first-order valence-electron chi connectivity index (χ1n) is 4.24. The SMILES string of the molecule is CCC1(CC)CCC(=O)C1. The molecule has 0 amide bonds. The third-order valence-electron chi connectivity index (χ3n) is 3.01. The van der Waals surface area contributed by atoms with Crippen molar-refractivity contribution in [2.45, 2.75) is 46.0 Å². The van der Waals surface area contributed by atoms with Gasteiger partial charge >= 0.3 is 0 Å². The van der Waals surface area contributed by atoms with Gasteiger partial charge in [-0.25, -0.2) is 0 Å². The van der Waals surface area contributed by atoms with Crippen molar-refractivity contribution in [3.63, 3.8) is 0 Å². The molecule has 0 aromatic heterocycles. The van der Waals surface area contributed by atoms with Crippen LogP contribution in [-0.2, 0) is 4.79 Å². The van der Waals surface area contributed by atoms with Crippen molar-refractivity contribution in [2.24, 2.45) is 5.41 Å². The average molecular weight is 140 g/mol. The molecule has 0 aliphatic heterocycles. The summed E-state index contributed by atoms with van der Waals surface area (Å²) in [5, 5.41) is 0. The minimum Gasteiger partial charge on any atom is -0.300 e. The molecule has 0 unspecified atom stereocenters. The van der Waals surface area contributed by atoms with Crippen molar-refractivity contribution >= 4 is 5.78 Å². The molecule has 58 valence electrons. The number of carbonyl (C=O) groups is 1. The van der Waals surface area contributed by atoms with E-state index in [1.807, 2.05) is 0 Å². The molecule has 1 saturated carbocycles. The van der Waals surface area contributed by atoms with Crippen molar-refractivity contribution in [1.29, 1.82) is 0 Å². The van der Waals surface area contributed by atoms with Crippen LogP contribution < -0.4 is 0 Å². The molecule has 0 atom stereocenters. The molecule has 10 heavy (non-hydrogen) atoms. The van der Waals surface area contributed by atoms with E-state index >= 15 is 0 Å². The molecule has 1 aliphatic carbocycles. The zero-order valence-corrected chi connectivity index (χ0v) is 6.94. The topological polar surface area (TPSA) is 17.1 Å². The maximum atomic E-state index is 11.0. The minimum absolute atomic E-state index is 0.400. The first-order valence-corrected chi connectivity index (χ1v) is 4.24. The molecule has 1 rings (SSSR count). The summed E-state index contributed by atoms with van der Waals surface area (Å²) in [5.74, 6) is 0.476. The fourth-order valence-corrected chi connectivity index (χ4v) is 1.85. The van der Waals surface area contributed by atoms with E-state index in [-0.39, 0.29) is 0 Å². The van der Waals surface area contributed by atoms with Crippen LogP contribution in [0.1, 0.15) is 46.0 Å². The number of carbonyl (C=O) groups excluding carboxylic acids is 1. The lowest BCUT2D eigenvalue weighted by Crippen LogP contribution is -2.13. The van der Waals surface area contributed by atoms with Crippen LogP contribution in [0.25, 0.3) is 0 Å². The second-order valence-electron chi connectivity index (χ2n) is 3.42. The van der Waals surface area contributed by atoms with Crippen molar-refractivity contribution in [2.75, 3.05) is 0 Å². The second-order valence-corrected chi connectivity index (χ2v) is 3.42. The number of hydrogen-bond acceptors (Lipinski definition) is 1. The van der Waals surface area contributed by atoms with Gasteiger partial charge in [-0.3, -0.25) is 4.79 Å². The van der Waals surface area contributed by atoms with Gasteiger partial charge in [-0.15, -0.1) is 0 Å². The maximum Gasteiger partial charge on any atom is 0.133 e. The Balaban J connectivity index is 2.59. The maximum absolute atomic E-state index is 11.0. The van der Waals surface area contributed by atoms with Gasteiger partial charge in [-0.2, -0.15) is 0 Å². The Labute approximate surface area is 62.8 Å². The summed E-state index contributed by atoms with van der Waals surface area (Å²) in [6, 6.07) is 0. The highest BCUT2D eigenvalue weighted by Gasteiger charge is 2.34. The van der Waals surface area contributed by atoms with E-state index in [1.54, 1.807) is 0 Å². The molecular formula is C9H16O. The van der Waals surface area contributed by atoms with Crippen LogP contribution in [0.5, 0.6) is 0 Å². The Morgan fingerprint density at radius 3 is 2.20 bits per heavy atom. The molecule has 1 fully saturated rings. The van der Waals surface area contributed by atoms with Crippen LogP contribution in [0.3, 0.4) is 0 Å². The standard InChI is InChI=1S/C9H16O/c1-3-9(4-2)6-5-8(10)7-9/h3-7H2,1-2H3. The highest BCUT2D eigenvalue weighted by Crippen LogP contribution is 2.41. The fraction of sp³-hybridized carbons (Fsp3) is 0.889. The summed E-state index contributed by atoms with van der Waals surface area (Å²) in [4.78, 5) is 11.0. The van der Waals surface area contributed by atoms with E-state index in [0.717, 1.165) is 19.3 Å². The zero-order chi connectivity index (χ0) is 7.61. The van der Waals surface area contributed by atoms with E-state index in [1.165, 1.54) is 12.8 Å². The van der Waals surface area contributed by atoms with Crippen LogP contribution in [0.4, 0.5) is 0 Å². The smallest absolute Gasteiger partial charge is 0.133 e. The number of Topliss-reactive ketones (excluding diaryl/α,β-unsaturated/α-hetero) is 1. The van der Waals surface area contributed by atoms with Crippen molar-refractivity contribution in [1.82, 2.24) is 0 Å². The van der Waals surface area contributed by atoms with Crippen LogP contribution in [-0.4, -0.2) is 5.78 Å². The molecule has 0 bridgehead atoms. The third-order valence-corrected chi connectivity index (χ3v) is 3.01. The third kappa shape index (κ3) is 1.23. The van der Waals surface area contributed by atoms with Crippen molar-refractivity contribution in [3.05, 3.63) is 0 Å². The molecular weight excluding hydrogens is 124 g/mol. The van der Waals surface area contributed by atoms with E-state index in [0.29, 0.717) is 11.2 Å². The lowest BCUT2D eigenvalue weighted by Gasteiger charge is -2.23. The Hall–Kier alpha value is -0.330. The van der Waals surface area contributed by atoms with Gasteiger partial charge < -0.3 is 0 Å². The predicted octanol–water partition coefficient (Wildman–Crippen LogP) is 2.55. The normalized spacial score (nSPS) is 23.6. The molecule has 0 N–H and O–H groups in total. The summed E-state index contributed by atoms with van der Waals surface area (Å²) < 4.78 is 0. The van der Waals surface area contributed by atoms with Crippen LogP contribution in [0.15, 0.2) is 0 Å². The van der Waals surface area contributed by atoms with Gasteiger partial charge in [0.15, 0.2) is 0 Å². The Bertz CT molecular complexity index is 134. The first kappa shape index (κ1) is 7.77. The number of rotatable bonds is 2. The summed E-state index contributed by atoms with van der Waals surface area (Å²) in [7, 11) is 0. The van der Waals surface area contributed by atoms with Crippen molar-refractivity contribution in [3.8, 4) is 0 Å². The summed E-state index contributed by atoms with van der Waals surface area (Å²) in [5.41, 5.74) is 0.400. The summed E-state index contributed by atoms with van der Waals surface area (Å²) in [6.45, 7) is 4.39. The summed E-state index contributed by atoms with van der Waals surface area (Å²) >= 11 is 0. The lowest BCUT2D eigenvalue weighted by atomic mass is 9.81. The molecule has 1 nitrogen and oxygen atoms in total. The number of ketones is 1. The Kier molecular flexibility index (Phi) is 2.12. The van der Waals surface area contributed by atoms with E-state index in [2.05, 4.69) is 13.8 Å². The fourth-order valence-electron chi connectivity index (χ4n) is 1.85. The van der Waals surface area contributed by atoms with Crippen LogP contribution in [0, 0.1) is 5.41 Å². The average Bonchev–Trinajstić information content (AvgIpc) is 2.33. The lowest BCUT2D eigenvalue weighted by molar-refractivity contribution is -0.118. The Morgan fingerprint density at radius 1 is 1.40 bits per heavy atom. The van der Waals surface area contributed by atoms with Gasteiger partial charge in [0.05, 0.1) is 0 Å².